The predicted molar refractivity (Wildman–Crippen MR) is 49.0 cm³/mol. The van der Waals surface area contributed by atoms with Crippen LogP contribution < -0.4 is 0 Å². The fourth-order valence-corrected chi connectivity index (χ4v) is 1.60. The van der Waals surface area contributed by atoms with Gasteiger partial charge in [-0.05, 0) is 0 Å². The van der Waals surface area contributed by atoms with E-state index in [2.05, 4.69) is 10.1 Å². The molecule has 0 aromatic carbocycles. The number of rotatable bonds is 3. The molecule has 4 N–H and O–H groups in total. The van der Waals surface area contributed by atoms with E-state index in [1.165, 1.54) is 11.0 Å². The van der Waals surface area contributed by atoms with E-state index in [1.807, 2.05) is 0 Å². The maximum Gasteiger partial charge on any atom is 0.180 e. The summed E-state index contributed by atoms with van der Waals surface area (Å²) < 4.78 is 6.41. The number of hydrogen-bond donors (Lipinski definition) is 4. The Bertz CT molecular complexity index is 357. The average molecular weight is 231 g/mol. The van der Waals surface area contributed by atoms with Gasteiger partial charge in [-0.3, -0.25) is 0 Å². The fraction of sp³-hybridized carbons (Fsp3) is 0.750. The first-order valence-electron chi connectivity index (χ1n) is 4.80. The molecule has 2 heterocycles. The molecule has 1 aromatic rings. The molecule has 0 spiro atoms. The average Bonchev–Trinajstić information content (AvgIpc) is 2.86. The molecule has 1 saturated heterocycles. The minimum atomic E-state index is -1.19. The third kappa shape index (κ3) is 1.81. The van der Waals surface area contributed by atoms with Crippen LogP contribution in [-0.4, -0.2) is 60.1 Å². The van der Waals surface area contributed by atoms with Gasteiger partial charge in [0.05, 0.1) is 6.61 Å². The van der Waals surface area contributed by atoms with Crippen LogP contribution >= 0.6 is 0 Å². The Morgan fingerprint density at radius 1 is 1.31 bits per heavy atom. The lowest BCUT2D eigenvalue weighted by atomic mass is 10.1. The normalized spacial score (nSPS) is 34.5. The zero-order valence-electron chi connectivity index (χ0n) is 8.34. The van der Waals surface area contributed by atoms with E-state index in [1.54, 1.807) is 0 Å². The minimum absolute atomic E-state index is 0.192. The molecule has 0 amide bonds. The zero-order chi connectivity index (χ0) is 11.7. The molecule has 0 saturated carbocycles. The quantitative estimate of drug-likeness (QED) is 0.449. The maximum atomic E-state index is 9.66. The van der Waals surface area contributed by atoms with Crippen LogP contribution in [0, 0.1) is 0 Å². The van der Waals surface area contributed by atoms with Crippen LogP contribution in [0.4, 0.5) is 0 Å². The van der Waals surface area contributed by atoms with Crippen LogP contribution in [0.5, 0.6) is 0 Å². The van der Waals surface area contributed by atoms with E-state index < -0.39 is 31.1 Å². The molecule has 0 radical (unpaired) electrons. The van der Waals surface area contributed by atoms with Crippen molar-refractivity contribution < 1.29 is 25.2 Å². The monoisotopic (exact) mass is 231 g/mol. The molecule has 2 rings (SSSR count). The number of ether oxygens (including phenoxy) is 1. The summed E-state index contributed by atoms with van der Waals surface area (Å²) in [6.07, 6.45) is -2.82. The van der Waals surface area contributed by atoms with E-state index >= 15 is 0 Å². The molecule has 1 aromatic heterocycles. The zero-order valence-corrected chi connectivity index (χ0v) is 8.34. The Morgan fingerprint density at radius 2 is 2.06 bits per heavy atom. The van der Waals surface area contributed by atoms with Crippen LogP contribution in [0.25, 0.3) is 0 Å². The number of aliphatic hydroxyl groups is 4. The molecular formula is C8H13N3O5. The summed E-state index contributed by atoms with van der Waals surface area (Å²) >= 11 is 0. The minimum Gasteiger partial charge on any atom is -0.394 e. The van der Waals surface area contributed by atoms with E-state index in [4.69, 9.17) is 14.9 Å². The lowest BCUT2D eigenvalue weighted by Crippen LogP contribution is -2.33. The summed E-state index contributed by atoms with van der Waals surface area (Å²) in [5.41, 5.74) is 0. The van der Waals surface area contributed by atoms with Crippen molar-refractivity contribution in [1.29, 1.82) is 0 Å². The second kappa shape index (κ2) is 4.44. The number of aliphatic hydroxyl groups excluding tert-OH is 4. The first kappa shape index (κ1) is 11.4. The van der Waals surface area contributed by atoms with Gasteiger partial charge in [0.15, 0.2) is 12.1 Å². The van der Waals surface area contributed by atoms with Gasteiger partial charge in [0, 0.05) is 0 Å². The third-order valence-corrected chi connectivity index (χ3v) is 2.48. The van der Waals surface area contributed by atoms with Crippen molar-refractivity contribution >= 4 is 0 Å². The highest BCUT2D eigenvalue weighted by Gasteiger charge is 2.43. The van der Waals surface area contributed by atoms with Gasteiger partial charge in [-0.2, -0.15) is 5.10 Å². The van der Waals surface area contributed by atoms with Crippen molar-refractivity contribution in [2.24, 2.45) is 0 Å². The number of hydrogen-bond acceptors (Lipinski definition) is 7. The van der Waals surface area contributed by atoms with Gasteiger partial charge in [0.2, 0.25) is 0 Å². The largest absolute Gasteiger partial charge is 0.394 e. The highest BCUT2D eigenvalue weighted by Crippen LogP contribution is 2.28. The Morgan fingerprint density at radius 3 is 2.56 bits per heavy atom. The number of aromatic nitrogens is 3. The fourth-order valence-electron chi connectivity index (χ4n) is 1.60. The molecule has 0 bridgehead atoms. The molecule has 0 aliphatic carbocycles. The molecule has 8 heteroatoms. The van der Waals surface area contributed by atoms with Crippen molar-refractivity contribution in [3.05, 3.63) is 12.2 Å². The van der Waals surface area contributed by atoms with Gasteiger partial charge in [-0.25, -0.2) is 9.67 Å². The van der Waals surface area contributed by atoms with E-state index in [9.17, 15) is 10.2 Å². The Labute approximate surface area is 90.7 Å². The second-order valence-electron chi connectivity index (χ2n) is 3.53. The lowest BCUT2D eigenvalue weighted by Gasteiger charge is -2.13. The topological polar surface area (TPSA) is 121 Å². The first-order valence-corrected chi connectivity index (χ1v) is 4.80. The van der Waals surface area contributed by atoms with Gasteiger partial charge in [-0.15, -0.1) is 0 Å². The standard InChI is InChI=1S/C8H13N3O5/c12-1-4-6(14)7(15)8(16-4)11-3-9-5(2-13)10-11/h3-4,6-8,12-15H,1-2H2. The lowest BCUT2D eigenvalue weighted by molar-refractivity contribution is -0.0590. The van der Waals surface area contributed by atoms with Crippen molar-refractivity contribution in [2.75, 3.05) is 6.61 Å². The number of nitrogens with zero attached hydrogens (tertiary/aromatic N) is 3. The van der Waals surface area contributed by atoms with Crippen LogP contribution in [0.1, 0.15) is 12.1 Å². The molecule has 16 heavy (non-hydrogen) atoms. The van der Waals surface area contributed by atoms with Gasteiger partial charge >= 0.3 is 0 Å². The molecule has 1 aliphatic heterocycles. The maximum absolute atomic E-state index is 9.66. The van der Waals surface area contributed by atoms with E-state index in [0.29, 0.717) is 0 Å². The van der Waals surface area contributed by atoms with Gasteiger partial charge in [-0.1, -0.05) is 0 Å². The summed E-state index contributed by atoms with van der Waals surface area (Å²) in [6, 6.07) is 0. The molecule has 1 aliphatic rings. The first-order chi connectivity index (χ1) is 7.67. The van der Waals surface area contributed by atoms with E-state index in [-0.39, 0.29) is 12.4 Å². The summed E-state index contributed by atoms with van der Waals surface area (Å²) in [4.78, 5) is 3.76. The van der Waals surface area contributed by atoms with E-state index in [0.717, 1.165) is 0 Å². The van der Waals surface area contributed by atoms with Crippen molar-refractivity contribution in [3.63, 3.8) is 0 Å². The predicted octanol–water partition coefficient (Wildman–Crippen LogP) is -2.62. The van der Waals surface area contributed by atoms with Gasteiger partial charge in [0.25, 0.3) is 0 Å². The van der Waals surface area contributed by atoms with Crippen LogP contribution in [0.2, 0.25) is 0 Å². The molecule has 1 fully saturated rings. The summed E-state index contributed by atoms with van der Waals surface area (Å²) in [7, 11) is 0. The van der Waals surface area contributed by atoms with Gasteiger partial charge < -0.3 is 25.2 Å². The van der Waals surface area contributed by atoms with Gasteiger partial charge in [0.1, 0.15) is 31.2 Å². The SMILES string of the molecule is OCc1ncn(C2OC(CO)C(O)C2O)n1. The Hall–Kier alpha value is -1.06. The summed E-state index contributed by atoms with van der Waals surface area (Å²) in [6.45, 7) is -0.710. The van der Waals surface area contributed by atoms with Crippen LogP contribution in [-0.2, 0) is 11.3 Å². The second-order valence-corrected chi connectivity index (χ2v) is 3.53. The van der Waals surface area contributed by atoms with Crippen molar-refractivity contribution in [2.45, 2.75) is 31.1 Å². The van der Waals surface area contributed by atoms with Crippen LogP contribution in [0.15, 0.2) is 6.33 Å². The smallest absolute Gasteiger partial charge is 0.180 e. The Kier molecular flexibility index (Phi) is 3.17. The molecule has 8 nitrogen and oxygen atoms in total. The molecule has 4 unspecified atom stereocenters. The van der Waals surface area contributed by atoms with Crippen molar-refractivity contribution in [3.8, 4) is 0 Å². The molecular weight excluding hydrogens is 218 g/mol. The Balaban J connectivity index is 2.16. The highest BCUT2D eigenvalue weighted by molar-refractivity contribution is 4.90. The molecule has 4 atom stereocenters. The summed E-state index contributed by atoms with van der Waals surface area (Å²) in [5.74, 6) is 0.192. The third-order valence-electron chi connectivity index (χ3n) is 2.48. The molecule has 90 valence electrons. The summed E-state index contributed by atoms with van der Waals surface area (Å²) in [5, 5.41) is 40.7. The van der Waals surface area contributed by atoms with Crippen LogP contribution in [0.3, 0.4) is 0 Å². The highest BCUT2D eigenvalue weighted by atomic mass is 16.6. The van der Waals surface area contributed by atoms with Crippen molar-refractivity contribution in [1.82, 2.24) is 14.8 Å².